The second-order valence-corrected chi connectivity index (χ2v) is 6.38. The van der Waals surface area contributed by atoms with Crippen LogP contribution in [-0.4, -0.2) is 48.7 Å². The molecule has 0 aliphatic rings. The second-order valence-electron chi connectivity index (χ2n) is 6.38. The molecule has 1 unspecified atom stereocenters. The van der Waals surface area contributed by atoms with Crippen LogP contribution in [0.15, 0.2) is 0 Å². The molecule has 0 aromatic heterocycles. The molecule has 1 atom stereocenters. The highest BCUT2D eigenvalue weighted by Gasteiger charge is 2.21. The lowest BCUT2D eigenvalue weighted by molar-refractivity contribution is -0.122. The van der Waals surface area contributed by atoms with Crippen LogP contribution in [0.25, 0.3) is 0 Å². The highest BCUT2D eigenvalue weighted by atomic mass is 16.3. The number of likely N-dealkylation sites (N-methyl/N-ethyl adjacent to an activating group) is 1. The Balaban J connectivity index is 3.54. The molecule has 0 aromatic carbocycles. The monoisotopic (exact) mass is 286 g/mol. The van der Waals surface area contributed by atoms with Crippen LogP contribution in [0.4, 0.5) is 0 Å². The van der Waals surface area contributed by atoms with Crippen LogP contribution in [0.2, 0.25) is 0 Å². The zero-order valence-electron chi connectivity index (χ0n) is 13.9. The fourth-order valence-electron chi connectivity index (χ4n) is 2.36. The number of nitrogens with zero attached hydrogens (tertiary/aromatic N) is 1. The molecule has 0 saturated carbocycles. The summed E-state index contributed by atoms with van der Waals surface area (Å²) in [4.78, 5) is 13.6. The van der Waals surface area contributed by atoms with E-state index in [1.165, 1.54) is 32.1 Å². The van der Waals surface area contributed by atoms with Gasteiger partial charge in [0, 0.05) is 19.5 Å². The highest BCUT2D eigenvalue weighted by molar-refractivity contribution is 5.75. The summed E-state index contributed by atoms with van der Waals surface area (Å²) in [5.74, 6) is 0.0533. The van der Waals surface area contributed by atoms with E-state index in [1.54, 1.807) is 6.92 Å². The van der Waals surface area contributed by atoms with Crippen LogP contribution in [0.5, 0.6) is 0 Å². The molecular weight excluding hydrogens is 252 g/mol. The number of unbranched alkanes of at least 4 members (excludes halogenated alkanes) is 6. The summed E-state index contributed by atoms with van der Waals surface area (Å²) in [7, 11) is 3.82. The third-order valence-corrected chi connectivity index (χ3v) is 3.33. The molecule has 0 aliphatic carbocycles. The number of hydrogen-bond donors (Lipinski definition) is 2. The quantitative estimate of drug-likeness (QED) is 0.542. The first-order valence-electron chi connectivity index (χ1n) is 8.01. The predicted molar refractivity (Wildman–Crippen MR) is 84.8 cm³/mol. The molecule has 0 bridgehead atoms. The molecular formula is C16H34N2O2. The minimum atomic E-state index is -0.862. The summed E-state index contributed by atoms with van der Waals surface area (Å²) in [5, 5.41) is 12.9. The molecule has 120 valence electrons. The number of amides is 1. The van der Waals surface area contributed by atoms with Gasteiger partial charge in [0.2, 0.25) is 5.91 Å². The van der Waals surface area contributed by atoms with Crippen LogP contribution in [0.1, 0.15) is 65.2 Å². The van der Waals surface area contributed by atoms with Crippen molar-refractivity contribution in [2.24, 2.45) is 0 Å². The second kappa shape index (κ2) is 11.1. The minimum Gasteiger partial charge on any atom is -0.387 e. The Morgan fingerprint density at radius 3 is 2.20 bits per heavy atom. The first-order valence-corrected chi connectivity index (χ1v) is 8.01. The van der Waals surface area contributed by atoms with E-state index in [1.807, 2.05) is 19.0 Å². The molecule has 2 N–H and O–H groups in total. The van der Waals surface area contributed by atoms with Crippen molar-refractivity contribution in [3.05, 3.63) is 0 Å². The number of carbonyl (C=O) groups is 1. The molecule has 0 fully saturated rings. The van der Waals surface area contributed by atoms with Crippen molar-refractivity contribution >= 4 is 5.91 Å². The third kappa shape index (κ3) is 12.4. The lowest BCUT2D eigenvalue weighted by atomic mass is 10.1. The first-order chi connectivity index (χ1) is 9.37. The fraction of sp³-hybridized carbons (Fsp3) is 0.938. The van der Waals surface area contributed by atoms with E-state index in [9.17, 15) is 9.90 Å². The zero-order valence-corrected chi connectivity index (χ0v) is 13.9. The van der Waals surface area contributed by atoms with Crippen molar-refractivity contribution < 1.29 is 9.90 Å². The Kier molecular flexibility index (Phi) is 10.8. The molecule has 0 rings (SSSR count). The third-order valence-electron chi connectivity index (χ3n) is 3.33. The van der Waals surface area contributed by atoms with Crippen LogP contribution in [0, 0.1) is 0 Å². The normalized spacial score (nSPS) is 14.3. The van der Waals surface area contributed by atoms with E-state index in [4.69, 9.17) is 0 Å². The number of nitrogens with one attached hydrogen (secondary N) is 1. The maximum absolute atomic E-state index is 11.7. The zero-order chi connectivity index (χ0) is 15.4. The van der Waals surface area contributed by atoms with Gasteiger partial charge in [-0.2, -0.15) is 0 Å². The van der Waals surface area contributed by atoms with E-state index in [-0.39, 0.29) is 5.91 Å². The Labute approximate surface area is 124 Å². The van der Waals surface area contributed by atoms with Gasteiger partial charge in [0.25, 0.3) is 0 Å². The van der Waals surface area contributed by atoms with Gasteiger partial charge in [-0.1, -0.05) is 45.4 Å². The lowest BCUT2D eigenvalue weighted by Crippen LogP contribution is -2.47. The predicted octanol–water partition coefficient (Wildman–Crippen LogP) is 2.56. The van der Waals surface area contributed by atoms with Crippen LogP contribution in [0.3, 0.4) is 0 Å². The molecule has 0 heterocycles. The Hall–Kier alpha value is -0.610. The van der Waals surface area contributed by atoms with Crippen LogP contribution >= 0.6 is 0 Å². The summed E-state index contributed by atoms with van der Waals surface area (Å²) < 4.78 is 0. The van der Waals surface area contributed by atoms with Crippen LogP contribution < -0.4 is 5.32 Å². The average molecular weight is 286 g/mol. The first kappa shape index (κ1) is 19.4. The van der Waals surface area contributed by atoms with Crippen molar-refractivity contribution in [1.82, 2.24) is 10.2 Å². The molecule has 0 saturated heterocycles. The van der Waals surface area contributed by atoms with Crippen molar-refractivity contribution in [3.63, 3.8) is 0 Å². The molecule has 0 aliphatic heterocycles. The maximum atomic E-state index is 11.7. The van der Waals surface area contributed by atoms with Gasteiger partial charge in [-0.25, -0.2) is 0 Å². The van der Waals surface area contributed by atoms with Gasteiger partial charge in [0.1, 0.15) is 0 Å². The largest absolute Gasteiger partial charge is 0.387 e. The number of rotatable bonds is 12. The summed E-state index contributed by atoms with van der Waals surface area (Å²) in [6, 6.07) is 0. The average Bonchev–Trinajstić information content (AvgIpc) is 2.34. The van der Waals surface area contributed by atoms with Crippen molar-refractivity contribution in [1.29, 1.82) is 0 Å². The van der Waals surface area contributed by atoms with Gasteiger partial charge in [-0.3, -0.25) is 4.79 Å². The van der Waals surface area contributed by atoms with Gasteiger partial charge < -0.3 is 15.3 Å². The summed E-state index contributed by atoms with van der Waals surface area (Å²) in [6.07, 6.45) is 9.08. The maximum Gasteiger partial charge on any atom is 0.220 e. The molecule has 0 aromatic rings. The van der Waals surface area contributed by atoms with Gasteiger partial charge >= 0.3 is 0 Å². The Morgan fingerprint density at radius 1 is 1.10 bits per heavy atom. The number of aliphatic hydroxyl groups is 1. The van der Waals surface area contributed by atoms with Gasteiger partial charge in [0.15, 0.2) is 0 Å². The summed E-state index contributed by atoms with van der Waals surface area (Å²) >= 11 is 0. The van der Waals surface area contributed by atoms with Gasteiger partial charge in [-0.15, -0.1) is 0 Å². The topological polar surface area (TPSA) is 52.6 Å². The Bertz CT molecular complexity index is 253. The van der Waals surface area contributed by atoms with Crippen molar-refractivity contribution in [2.75, 3.05) is 27.2 Å². The van der Waals surface area contributed by atoms with Crippen LogP contribution in [-0.2, 0) is 4.79 Å². The van der Waals surface area contributed by atoms with Gasteiger partial charge in [-0.05, 0) is 27.4 Å². The molecule has 4 nitrogen and oxygen atoms in total. The highest BCUT2D eigenvalue weighted by Crippen LogP contribution is 2.08. The minimum absolute atomic E-state index is 0.0533. The molecule has 0 spiro atoms. The smallest absolute Gasteiger partial charge is 0.220 e. The Morgan fingerprint density at radius 2 is 1.65 bits per heavy atom. The van der Waals surface area contributed by atoms with E-state index in [2.05, 4.69) is 12.2 Å². The van der Waals surface area contributed by atoms with E-state index in [0.29, 0.717) is 19.5 Å². The summed E-state index contributed by atoms with van der Waals surface area (Å²) in [6.45, 7) is 4.84. The van der Waals surface area contributed by atoms with Crippen molar-refractivity contribution in [2.45, 2.75) is 70.8 Å². The number of carbonyl (C=O) groups excluding carboxylic acids is 1. The standard InChI is InChI=1S/C16H34N2O2/c1-5-6-7-8-9-10-11-12-15(19)17-13-16(2,20)14-18(3)4/h20H,5-14H2,1-4H3,(H,17,19). The molecule has 1 amide bonds. The molecule has 4 heteroatoms. The number of hydrogen-bond acceptors (Lipinski definition) is 3. The van der Waals surface area contributed by atoms with Crippen molar-refractivity contribution in [3.8, 4) is 0 Å². The lowest BCUT2D eigenvalue weighted by Gasteiger charge is -2.27. The molecule has 20 heavy (non-hydrogen) atoms. The van der Waals surface area contributed by atoms with E-state index in [0.717, 1.165) is 12.8 Å². The van der Waals surface area contributed by atoms with E-state index < -0.39 is 5.60 Å². The SMILES string of the molecule is CCCCCCCCCC(=O)NCC(C)(O)CN(C)C. The van der Waals surface area contributed by atoms with E-state index >= 15 is 0 Å². The van der Waals surface area contributed by atoms with Gasteiger partial charge in [0.05, 0.1) is 5.60 Å². The summed E-state index contributed by atoms with van der Waals surface area (Å²) in [5.41, 5.74) is -0.862. The molecule has 0 radical (unpaired) electrons. The fourth-order valence-corrected chi connectivity index (χ4v) is 2.36.